The van der Waals surface area contributed by atoms with Crippen LogP contribution in [0, 0.1) is 32.8 Å². The molecule has 0 aromatic carbocycles. The van der Waals surface area contributed by atoms with Gasteiger partial charge in [-0.2, -0.15) is 10.5 Å². The molecule has 0 N–H and O–H groups in total. The highest BCUT2D eigenvalue weighted by molar-refractivity contribution is 8.36. The first-order valence-electron chi connectivity index (χ1n) is 2.03. The minimum absolute atomic E-state index is 1.12. The molecule has 0 aliphatic heterocycles. The van der Waals surface area contributed by atoms with E-state index >= 15 is 0 Å². The molecule has 0 aromatic rings. The molecule has 54 valence electrons. The molecule has 0 amide bonds. The summed E-state index contributed by atoms with van der Waals surface area (Å²) >= 11 is 0. The number of nitrogens with zero attached hydrogens (tertiary/aromatic N) is 6. The number of nitriles is 3. The maximum atomic E-state index is 8.26. The molecule has 8 heteroatoms. The molecule has 0 radical (unpaired) electrons. The lowest BCUT2D eigenvalue weighted by Crippen LogP contribution is -1.88. The van der Waals surface area contributed by atoms with Gasteiger partial charge in [-0.25, -0.2) is 0 Å². The van der Waals surface area contributed by atoms with Gasteiger partial charge in [-0.15, -0.1) is 5.26 Å². The van der Waals surface area contributed by atoms with Crippen molar-refractivity contribution in [3.63, 3.8) is 0 Å². The van der Waals surface area contributed by atoms with E-state index in [9.17, 15) is 0 Å². The Morgan fingerprint density at radius 3 is 2.18 bits per heavy atom. The average Bonchev–Trinajstić information content (AvgIpc) is 2.04. The summed E-state index contributed by atoms with van der Waals surface area (Å²) in [6.45, 7) is 0. The van der Waals surface area contributed by atoms with Crippen molar-refractivity contribution >= 4 is 10.5 Å². The first-order valence-corrected chi connectivity index (χ1v) is 3.55. The van der Waals surface area contributed by atoms with Crippen LogP contribution in [-0.4, -0.2) is 0 Å². The Morgan fingerprint density at radius 2 is 1.91 bits per heavy atom. The van der Waals surface area contributed by atoms with Gasteiger partial charge in [0.25, 0.3) is 6.26 Å². The molecule has 0 saturated heterocycles. The van der Waals surface area contributed by atoms with E-state index in [2.05, 4.69) is 13.6 Å². The Hall–Kier alpha value is -2.07. The second kappa shape index (κ2) is 3.86. The summed E-state index contributed by atoms with van der Waals surface area (Å²) in [6, 6.07) is 0. The monoisotopic (exact) mass is 168 g/mol. The molecule has 0 aliphatic rings. The molecular formula is C3N6OS. The van der Waals surface area contributed by atoms with Crippen LogP contribution in [0.1, 0.15) is 0 Å². The number of thiocyanates is 2. The Bertz CT molecular complexity index is 296. The van der Waals surface area contributed by atoms with E-state index in [1.807, 2.05) is 0 Å². The topological polar surface area (TPSA) is 129 Å². The van der Waals surface area contributed by atoms with E-state index in [0.29, 0.717) is 0 Å². The zero-order chi connectivity index (χ0) is 8.74. The average molecular weight is 168 g/mol. The molecule has 0 fully saturated rings. The van der Waals surface area contributed by atoms with Crippen LogP contribution in [-0.2, 0) is 4.18 Å². The van der Waals surface area contributed by atoms with Gasteiger partial charge in [-0.05, 0) is 5.53 Å². The van der Waals surface area contributed by atoms with Gasteiger partial charge in [0.1, 0.15) is 0 Å². The molecule has 0 bridgehead atoms. The van der Waals surface area contributed by atoms with E-state index < -0.39 is 10.5 Å². The normalized spacial score (nSPS) is 9.18. The van der Waals surface area contributed by atoms with E-state index in [4.69, 9.17) is 21.3 Å². The van der Waals surface area contributed by atoms with E-state index in [1.54, 1.807) is 0 Å². The third-order valence-corrected chi connectivity index (χ3v) is 1.67. The van der Waals surface area contributed by atoms with Gasteiger partial charge in [0.15, 0.2) is 21.3 Å². The molecule has 0 spiro atoms. The first-order chi connectivity index (χ1) is 5.24. The van der Waals surface area contributed by atoms with Crippen molar-refractivity contribution in [3.8, 4) is 17.1 Å². The molecule has 11 heavy (non-hydrogen) atoms. The largest absolute Gasteiger partial charge is 0.342 e. The summed E-state index contributed by atoms with van der Waals surface area (Å²) in [5, 5.41) is 27.1. The highest BCUT2D eigenvalue weighted by Crippen LogP contribution is 2.47. The number of hydrogen-bond donors (Lipinski definition) is 0. The third-order valence-electron chi connectivity index (χ3n) is 0.557. The summed E-state index contributed by atoms with van der Waals surface area (Å²) < 4.78 is 6.79. The van der Waals surface area contributed by atoms with Crippen LogP contribution >= 0.6 is 10.5 Å². The zero-order valence-electron chi connectivity index (χ0n) is 5.00. The highest BCUT2D eigenvalue weighted by atomic mass is 32.3. The van der Waals surface area contributed by atoms with E-state index in [0.717, 1.165) is 6.26 Å². The highest BCUT2D eigenvalue weighted by Gasteiger charge is 2.24. The summed E-state index contributed by atoms with van der Waals surface area (Å²) in [5.74, 6) is 0. The molecule has 0 saturated carbocycles. The van der Waals surface area contributed by atoms with Crippen LogP contribution in [0.2, 0.25) is 0 Å². The molecule has 7 nitrogen and oxygen atoms in total. The fraction of sp³-hybridized carbons (Fsp3) is 0. The summed E-state index contributed by atoms with van der Waals surface area (Å²) in [6.07, 6.45) is 1.12. The summed E-state index contributed by atoms with van der Waals surface area (Å²) in [7, 11) is -3.21. The molecule has 0 rings (SSSR count). The van der Waals surface area contributed by atoms with Gasteiger partial charge < -0.3 is 4.18 Å². The Morgan fingerprint density at radius 1 is 1.36 bits per heavy atom. The lowest BCUT2D eigenvalue weighted by Gasteiger charge is -2.09. The minimum Gasteiger partial charge on any atom is -0.342 e. The Balaban J connectivity index is 4.86. The number of hydrogen-bond acceptors (Lipinski definition) is 5. The smallest absolute Gasteiger partial charge is 0.300 e. The van der Waals surface area contributed by atoms with Crippen molar-refractivity contribution in [1.82, 2.24) is 0 Å². The zero-order valence-corrected chi connectivity index (χ0v) is 5.82. The fourth-order valence-corrected chi connectivity index (χ4v) is 0.649. The number of rotatable bonds is 2. The minimum atomic E-state index is -3.21. The standard InChI is InChI=1S/C3N6OS/c4-1-10-11(2-5,3-6)9-8-7. The van der Waals surface area contributed by atoms with E-state index in [-0.39, 0.29) is 0 Å². The molecule has 0 atom stereocenters. The van der Waals surface area contributed by atoms with Crippen molar-refractivity contribution in [2.45, 2.75) is 0 Å². The maximum Gasteiger partial charge on any atom is 0.300 e. The summed E-state index contributed by atoms with van der Waals surface area (Å²) in [5.41, 5.74) is 7.88. The second-order valence-corrected chi connectivity index (χ2v) is 2.80. The fourth-order valence-electron chi connectivity index (χ4n) is 0.216. The lowest BCUT2D eigenvalue weighted by atomic mass is 11.6. The predicted octanol–water partition coefficient (Wildman–Crippen LogP) is 1.39. The SMILES string of the molecule is N#COS(C#N)(C#N)N=[N+]=[N-]. The Kier molecular flexibility index (Phi) is 3.14. The first kappa shape index (κ1) is 8.93. The van der Waals surface area contributed by atoms with Crippen molar-refractivity contribution < 1.29 is 4.18 Å². The molecule has 0 aliphatic carbocycles. The van der Waals surface area contributed by atoms with Crippen LogP contribution in [0.25, 0.3) is 10.4 Å². The molecular weight excluding hydrogens is 168 g/mol. The van der Waals surface area contributed by atoms with Crippen LogP contribution in [0.15, 0.2) is 4.52 Å². The number of azide groups is 1. The Labute approximate surface area is 63.3 Å². The van der Waals surface area contributed by atoms with Crippen molar-refractivity contribution in [2.24, 2.45) is 4.52 Å². The van der Waals surface area contributed by atoms with Crippen molar-refractivity contribution in [3.05, 3.63) is 10.4 Å². The molecule has 0 unspecified atom stereocenters. The van der Waals surface area contributed by atoms with Gasteiger partial charge in [0, 0.05) is 9.43 Å². The molecule has 0 aromatic heterocycles. The van der Waals surface area contributed by atoms with Gasteiger partial charge in [0.05, 0.1) is 0 Å². The van der Waals surface area contributed by atoms with Crippen molar-refractivity contribution in [2.75, 3.05) is 0 Å². The quantitative estimate of drug-likeness (QED) is 0.267. The van der Waals surface area contributed by atoms with Crippen LogP contribution in [0.3, 0.4) is 0 Å². The van der Waals surface area contributed by atoms with E-state index in [1.165, 1.54) is 10.8 Å². The molecule has 0 heterocycles. The maximum absolute atomic E-state index is 8.26. The predicted molar refractivity (Wildman–Crippen MR) is 34.7 cm³/mol. The van der Waals surface area contributed by atoms with Gasteiger partial charge >= 0.3 is 0 Å². The van der Waals surface area contributed by atoms with Crippen LogP contribution in [0.4, 0.5) is 0 Å². The van der Waals surface area contributed by atoms with Gasteiger partial charge in [-0.3, -0.25) is 0 Å². The summed E-state index contributed by atoms with van der Waals surface area (Å²) in [4.78, 5) is 2.21. The van der Waals surface area contributed by atoms with Gasteiger partial charge in [0.2, 0.25) is 0 Å². The van der Waals surface area contributed by atoms with Crippen molar-refractivity contribution in [1.29, 1.82) is 15.8 Å². The lowest BCUT2D eigenvalue weighted by molar-refractivity contribution is 0.580. The van der Waals surface area contributed by atoms with Crippen LogP contribution < -0.4 is 0 Å². The van der Waals surface area contributed by atoms with Gasteiger partial charge in [-0.1, -0.05) is 0 Å². The van der Waals surface area contributed by atoms with Crippen LogP contribution in [0.5, 0.6) is 0 Å². The second-order valence-electron chi connectivity index (χ2n) is 1.05. The third kappa shape index (κ3) is 1.96.